The third-order valence-electron chi connectivity index (χ3n) is 1.72. The van der Waals surface area contributed by atoms with E-state index in [1.165, 1.54) is 6.07 Å². The topological polar surface area (TPSA) is 32.9 Å². The van der Waals surface area contributed by atoms with Crippen molar-refractivity contribution in [3.63, 3.8) is 0 Å². The first kappa shape index (κ1) is 7.03. The van der Waals surface area contributed by atoms with E-state index in [4.69, 9.17) is 0 Å². The minimum atomic E-state index is -0.598. The highest BCUT2D eigenvalue weighted by Gasteiger charge is 1.98. The minimum absolute atomic E-state index is 0.384. The van der Waals surface area contributed by atoms with E-state index in [1.807, 2.05) is 0 Å². The Morgan fingerprint density at radius 3 is 2.83 bits per heavy atom. The number of halogens is 1. The molecule has 60 valence electrons. The molecule has 0 fully saturated rings. The van der Waals surface area contributed by atoms with Crippen LogP contribution in [0, 0.1) is 5.95 Å². The molecule has 0 bridgehead atoms. The van der Waals surface area contributed by atoms with Gasteiger partial charge in [0.25, 0.3) is 5.56 Å². The summed E-state index contributed by atoms with van der Waals surface area (Å²) in [5.41, 5.74) is -0.384. The highest BCUT2D eigenvalue weighted by atomic mass is 19.1. The molecule has 1 aromatic carbocycles. The predicted molar refractivity (Wildman–Crippen MR) is 44.5 cm³/mol. The lowest BCUT2D eigenvalue weighted by Crippen LogP contribution is -2.07. The molecule has 2 aromatic rings. The number of nitrogens with one attached hydrogen (secondary N) is 1. The zero-order valence-electron chi connectivity index (χ0n) is 6.17. The Balaban J connectivity index is 2.99. The summed E-state index contributed by atoms with van der Waals surface area (Å²) in [6.45, 7) is 0. The monoisotopic (exact) mass is 163 g/mol. The van der Waals surface area contributed by atoms with Gasteiger partial charge in [-0.25, -0.2) is 0 Å². The van der Waals surface area contributed by atoms with Crippen molar-refractivity contribution in [3.05, 3.63) is 46.6 Å². The van der Waals surface area contributed by atoms with Crippen molar-refractivity contribution in [2.45, 2.75) is 0 Å². The molecule has 0 aliphatic heterocycles. The molecule has 1 N–H and O–H groups in total. The second-order valence-electron chi connectivity index (χ2n) is 2.53. The Bertz CT molecular complexity index is 475. The van der Waals surface area contributed by atoms with Gasteiger partial charge < -0.3 is 0 Å². The van der Waals surface area contributed by atoms with E-state index in [-0.39, 0.29) is 5.56 Å². The second kappa shape index (κ2) is 2.44. The zero-order chi connectivity index (χ0) is 8.55. The van der Waals surface area contributed by atoms with E-state index in [1.54, 1.807) is 24.3 Å². The highest BCUT2D eigenvalue weighted by molar-refractivity contribution is 5.80. The Hall–Kier alpha value is -1.64. The lowest BCUT2D eigenvalue weighted by molar-refractivity contribution is 0.582. The molecule has 0 spiro atoms. The number of aromatic amines is 1. The first-order chi connectivity index (χ1) is 5.77. The third-order valence-corrected chi connectivity index (χ3v) is 1.72. The van der Waals surface area contributed by atoms with Crippen molar-refractivity contribution in [1.29, 1.82) is 0 Å². The summed E-state index contributed by atoms with van der Waals surface area (Å²) in [6, 6.07) is 8.18. The number of aromatic nitrogens is 1. The van der Waals surface area contributed by atoms with Crippen LogP contribution in [0.2, 0.25) is 0 Å². The lowest BCUT2D eigenvalue weighted by atomic mass is 10.2. The number of hydrogen-bond acceptors (Lipinski definition) is 1. The Kier molecular flexibility index (Phi) is 1.43. The van der Waals surface area contributed by atoms with Crippen LogP contribution < -0.4 is 5.56 Å². The molecule has 0 aliphatic rings. The van der Waals surface area contributed by atoms with Crippen LogP contribution in [-0.4, -0.2) is 4.98 Å². The SMILES string of the molecule is O=c1[nH]c(F)cc2ccccc12. The summed E-state index contributed by atoms with van der Waals surface area (Å²) in [5, 5.41) is 1.14. The minimum Gasteiger partial charge on any atom is -0.298 e. The van der Waals surface area contributed by atoms with E-state index < -0.39 is 5.95 Å². The fourth-order valence-electron chi connectivity index (χ4n) is 1.18. The van der Waals surface area contributed by atoms with Crippen molar-refractivity contribution in [3.8, 4) is 0 Å². The lowest BCUT2D eigenvalue weighted by Gasteiger charge is -1.94. The summed E-state index contributed by atoms with van der Waals surface area (Å²) in [5.74, 6) is -0.598. The molecule has 12 heavy (non-hydrogen) atoms. The maximum Gasteiger partial charge on any atom is 0.257 e. The molecule has 0 amide bonds. The van der Waals surface area contributed by atoms with E-state index in [2.05, 4.69) is 4.98 Å². The van der Waals surface area contributed by atoms with Crippen molar-refractivity contribution in [2.75, 3.05) is 0 Å². The number of pyridine rings is 1. The molecule has 0 saturated carbocycles. The zero-order valence-corrected chi connectivity index (χ0v) is 6.17. The molecular weight excluding hydrogens is 157 g/mol. The fraction of sp³-hybridized carbons (Fsp3) is 0. The van der Waals surface area contributed by atoms with E-state index in [0.717, 1.165) is 0 Å². The third kappa shape index (κ3) is 0.993. The highest BCUT2D eigenvalue weighted by Crippen LogP contribution is 2.08. The molecule has 1 aromatic heterocycles. The van der Waals surface area contributed by atoms with Crippen molar-refractivity contribution in [1.82, 2.24) is 4.98 Å². The molecule has 2 nitrogen and oxygen atoms in total. The largest absolute Gasteiger partial charge is 0.298 e. The van der Waals surface area contributed by atoms with E-state index in [0.29, 0.717) is 10.8 Å². The average Bonchev–Trinajstić information content (AvgIpc) is 2.04. The Labute approximate surface area is 67.7 Å². The van der Waals surface area contributed by atoms with Gasteiger partial charge in [-0.15, -0.1) is 0 Å². The van der Waals surface area contributed by atoms with Gasteiger partial charge in [-0.2, -0.15) is 4.39 Å². The molecule has 0 unspecified atom stereocenters. The second-order valence-corrected chi connectivity index (χ2v) is 2.53. The van der Waals surface area contributed by atoms with Gasteiger partial charge in [0.15, 0.2) is 5.95 Å². The Morgan fingerprint density at radius 2 is 2.00 bits per heavy atom. The van der Waals surface area contributed by atoms with Crippen LogP contribution in [0.5, 0.6) is 0 Å². The van der Waals surface area contributed by atoms with Crippen LogP contribution in [0.15, 0.2) is 35.1 Å². The first-order valence-corrected chi connectivity index (χ1v) is 3.55. The van der Waals surface area contributed by atoms with Gasteiger partial charge >= 0.3 is 0 Å². The van der Waals surface area contributed by atoms with Gasteiger partial charge in [0.1, 0.15) is 0 Å². The molecule has 2 rings (SSSR count). The van der Waals surface area contributed by atoms with Gasteiger partial charge in [-0.05, 0) is 17.5 Å². The fourth-order valence-corrected chi connectivity index (χ4v) is 1.18. The van der Waals surface area contributed by atoms with Gasteiger partial charge in [-0.3, -0.25) is 9.78 Å². The van der Waals surface area contributed by atoms with Crippen LogP contribution in [-0.2, 0) is 0 Å². The summed E-state index contributed by atoms with van der Waals surface area (Å²) in [4.78, 5) is 13.2. The van der Waals surface area contributed by atoms with Crippen molar-refractivity contribution < 1.29 is 4.39 Å². The number of hydrogen-bond donors (Lipinski definition) is 1. The normalized spacial score (nSPS) is 10.4. The van der Waals surface area contributed by atoms with Crippen LogP contribution in [0.25, 0.3) is 10.8 Å². The summed E-state index contributed by atoms with van der Waals surface area (Å²) in [7, 11) is 0. The maximum atomic E-state index is 12.6. The predicted octanol–water partition coefficient (Wildman–Crippen LogP) is 1.67. The smallest absolute Gasteiger partial charge is 0.257 e. The number of fused-ring (bicyclic) bond motifs is 1. The Morgan fingerprint density at radius 1 is 1.25 bits per heavy atom. The van der Waals surface area contributed by atoms with Crippen LogP contribution >= 0.6 is 0 Å². The van der Waals surface area contributed by atoms with Crippen LogP contribution in [0.3, 0.4) is 0 Å². The van der Waals surface area contributed by atoms with Crippen LogP contribution in [0.4, 0.5) is 4.39 Å². The standard InChI is InChI=1S/C9H6FNO/c10-8-5-6-3-1-2-4-7(6)9(12)11-8/h1-5H,(H,11,12). The molecule has 0 radical (unpaired) electrons. The molecule has 3 heteroatoms. The number of H-pyrrole nitrogens is 1. The summed E-state index contributed by atoms with van der Waals surface area (Å²) >= 11 is 0. The van der Waals surface area contributed by atoms with Crippen molar-refractivity contribution >= 4 is 10.8 Å². The van der Waals surface area contributed by atoms with E-state index in [9.17, 15) is 9.18 Å². The summed E-state index contributed by atoms with van der Waals surface area (Å²) < 4.78 is 12.6. The number of benzene rings is 1. The van der Waals surface area contributed by atoms with Gasteiger partial charge in [-0.1, -0.05) is 18.2 Å². The molecule has 0 aliphatic carbocycles. The summed E-state index contributed by atoms with van der Waals surface area (Å²) in [6.07, 6.45) is 0. The molecule has 0 atom stereocenters. The maximum absolute atomic E-state index is 12.6. The molecule has 1 heterocycles. The first-order valence-electron chi connectivity index (χ1n) is 3.55. The van der Waals surface area contributed by atoms with Crippen molar-refractivity contribution in [2.24, 2.45) is 0 Å². The van der Waals surface area contributed by atoms with Gasteiger partial charge in [0.2, 0.25) is 0 Å². The van der Waals surface area contributed by atoms with Gasteiger partial charge in [0, 0.05) is 5.39 Å². The van der Waals surface area contributed by atoms with E-state index >= 15 is 0 Å². The average molecular weight is 163 g/mol. The van der Waals surface area contributed by atoms with Crippen LogP contribution in [0.1, 0.15) is 0 Å². The van der Waals surface area contributed by atoms with Gasteiger partial charge in [0.05, 0.1) is 0 Å². The molecule has 0 saturated heterocycles. The number of rotatable bonds is 0. The molecular formula is C9H6FNO. The quantitative estimate of drug-likeness (QED) is 0.588.